The average molecular weight is 536 g/mol. The Kier molecular flexibility index (Phi) is 7.24. The topological polar surface area (TPSA) is 63.8 Å². The van der Waals surface area contributed by atoms with Crippen LogP contribution in [0.5, 0.6) is 5.75 Å². The van der Waals surface area contributed by atoms with E-state index in [0.29, 0.717) is 17.2 Å². The Hall–Kier alpha value is -4.05. The van der Waals surface area contributed by atoms with E-state index in [-0.39, 0.29) is 5.75 Å². The summed E-state index contributed by atoms with van der Waals surface area (Å²) in [7, 11) is 0. The van der Waals surface area contributed by atoms with Crippen LogP contribution in [0.2, 0.25) is 0 Å². The third-order valence-corrected chi connectivity index (χ3v) is 6.55. The molecule has 1 heterocycles. The number of nitrogens with zero attached hydrogens (tertiary/aromatic N) is 4. The molecule has 0 aliphatic heterocycles. The molecule has 2 aliphatic rings. The molecule has 1 aromatic heterocycles. The van der Waals surface area contributed by atoms with Gasteiger partial charge in [-0.1, -0.05) is 37.3 Å². The Labute approximate surface area is 223 Å². The molecule has 2 aliphatic carbocycles. The summed E-state index contributed by atoms with van der Waals surface area (Å²) in [5.41, 5.74) is 8.16. The van der Waals surface area contributed by atoms with Crippen molar-refractivity contribution in [2.24, 2.45) is 10.2 Å². The van der Waals surface area contributed by atoms with Gasteiger partial charge in [0.1, 0.15) is 5.75 Å². The summed E-state index contributed by atoms with van der Waals surface area (Å²) < 4.78 is 43.1. The van der Waals surface area contributed by atoms with Crippen LogP contribution >= 0.6 is 12.2 Å². The molecular formula is C28H24F3N5OS. The maximum absolute atomic E-state index is 12.5. The summed E-state index contributed by atoms with van der Waals surface area (Å²) in [4.78, 5) is 0. The van der Waals surface area contributed by atoms with Crippen LogP contribution in [0.3, 0.4) is 0 Å². The summed E-state index contributed by atoms with van der Waals surface area (Å²) in [6.45, 7) is 2.08. The number of aryl methyl sites for hydroxylation is 1. The quantitative estimate of drug-likeness (QED) is 0.268. The summed E-state index contributed by atoms with van der Waals surface area (Å²) in [6.07, 6.45) is 6.21. The molecule has 1 N–H and O–H groups in total. The van der Waals surface area contributed by atoms with Crippen LogP contribution < -0.4 is 10.1 Å². The molecule has 0 radical (unpaired) electrons. The van der Waals surface area contributed by atoms with E-state index >= 15 is 0 Å². The summed E-state index contributed by atoms with van der Waals surface area (Å²) in [5, 5.41) is 16.3. The lowest BCUT2D eigenvalue weighted by Gasteiger charge is -2.23. The Morgan fingerprint density at radius 1 is 1.16 bits per heavy atom. The zero-order valence-corrected chi connectivity index (χ0v) is 21.3. The van der Waals surface area contributed by atoms with E-state index in [1.807, 2.05) is 24.3 Å². The molecule has 5 rings (SSSR count). The summed E-state index contributed by atoms with van der Waals surface area (Å²) >= 11 is 5.33. The number of azo groups is 1. The third-order valence-electron chi connectivity index (χ3n) is 6.36. The van der Waals surface area contributed by atoms with Crippen LogP contribution in [0.4, 0.5) is 18.9 Å². The van der Waals surface area contributed by atoms with Crippen molar-refractivity contribution in [2.45, 2.75) is 39.0 Å². The molecule has 0 spiro atoms. The first kappa shape index (κ1) is 25.6. The van der Waals surface area contributed by atoms with Crippen LogP contribution in [0.15, 0.2) is 94.5 Å². The standard InChI is InChI=1S/C28H24F3N5OS/c1-2-19-5-3-4-6-25(19)34-27(38)35-32-16-18-7-13-23-20(15-18)8-14-26-24(23)17-33-36(26)21-9-11-22(12-10-21)37-28(29,30)31/h3-6,9-13,15-17H,2,7-8,14H2,1H3,(H,34,38)/b18-16+,35-32?. The van der Waals surface area contributed by atoms with Gasteiger partial charge in [0.2, 0.25) is 5.11 Å². The van der Waals surface area contributed by atoms with Crippen LogP contribution in [-0.2, 0) is 12.8 Å². The number of hydrogen-bond acceptors (Lipinski definition) is 4. The Bertz CT molecular complexity index is 1480. The number of allylic oxidation sites excluding steroid dienone is 5. The Balaban J connectivity index is 1.26. The molecule has 6 nitrogen and oxygen atoms in total. The SMILES string of the molecule is CCc1ccccc1NC(=S)N=N/C=C1/C=C2CCc3c(cnn3-c3ccc(OC(F)(F)F)cc3)C2=CC1. The highest BCUT2D eigenvalue weighted by atomic mass is 32.1. The highest BCUT2D eigenvalue weighted by Crippen LogP contribution is 2.40. The number of fused-ring (bicyclic) bond motifs is 3. The smallest absolute Gasteiger partial charge is 0.406 e. The number of thiocarbonyl (C=S) groups is 1. The molecule has 194 valence electrons. The molecule has 3 aromatic rings. The first-order chi connectivity index (χ1) is 18.3. The highest BCUT2D eigenvalue weighted by molar-refractivity contribution is 7.80. The Morgan fingerprint density at radius 2 is 1.95 bits per heavy atom. The van der Waals surface area contributed by atoms with Gasteiger partial charge in [-0.2, -0.15) is 10.2 Å². The molecule has 0 fully saturated rings. The van der Waals surface area contributed by atoms with Crippen molar-refractivity contribution in [1.29, 1.82) is 0 Å². The van der Waals surface area contributed by atoms with Gasteiger partial charge in [0.25, 0.3) is 0 Å². The fourth-order valence-corrected chi connectivity index (χ4v) is 4.80. The van der Waals surface area contributed by atoms with Crippen molar-refractivity contribution in [3.05, 3.63) is 101 Å². The van der Waals surface area contributed by atoms with Crippen molar-refractivity contribution in [2.75, 3.05) is 5.32 Å². The van der Waals surface area contributed by atoms with Crippen molar-refractivity contribution < 1.29 is 17.9 Å². The van der Waals surface area contributed by atoms with E-state index < -0.39 is 6.36 Å². The van der Waals surface area contributed by atoms with Gasteiger partial charge in [0.05, 0.1) is 23.8 Å². The lowest BCUT2D eigenvalue weighted by molar-refractivity contribution is -0.274. The largest absolute Gasteiger partial charge is 0.573 e. The second-order valence-electron chi connectivity index (χ2n) is 8.81. The van der Waals surface area contributed by atoms with E-state index in [2.05, 4.69) is 44.5 Å². The maximum Gasteiger partial charge on any atom is 0.573 e. The fraction of sp³-hybridized carbons (Fsp3) is 0.214. The minimum absolute atomic E-state index is 0.263. The Morgan fingerprint density at radius 3 is 2.71 bits per heavy atom. The number of nitrogens with one attached hydrogen (secondary N) is 1. The second kappa shape index (κ2) is 10.7. The summed E-state index contributed by atoms with van der Waals surface area (Å²) in [5.74, 6) is -0.263. The van der Waals surface area contributed by atoms with Gasteiger partial charge in [-0.15, -0.1) is 18.3 Å². The van der Waals surface area contributed by atoms with E-state index in [1.165, 1.54) is 17.7 Å². The molecular weight excluding hydrogens is 511 g/mol. The van der Waals surface area contributed by atoms with Gasteiger partial charge in [0, 0.05) is 11.3 Å². The molecule has 10 heteroatoms. The molecule has 2 aromatic carbocycles. The van der Waals surface area contributed by atoms with Gasteiger partial charge in [-0.05, 0) is 90.5 Å². The number of para-hydroxylation sites is 1. The van der Waals surface area contributed by atoms with Crippen LogP contribution in [0.25, 0.3) is 11.3 Å². The second-order valence-corrected chi connectivity index (χ2v) is 9.20. The number of anilines is 1. The first-order valence-corrected chi connectivity index (χ1v) is 12.5. The first-order valence-electron chi connectivity index (χ1n) is 12.1. The monoisotopic (exact) mass is 535 g/mol. The molecule has 38 heavy (non-hydrogen) atoms. The molecule has 0 atom stereocenters. The fourth-order valence-electron chi connectivity index (χ4n) is 4.64. The van der Waals surface area contributed by atoms with Crippen molar-refractivity contribution in [1.82, 2.24) is 9.78 Å². The van der Waals surface area contributed by atoms with Gasteiger partial charge in [0.15, 0.2) is 0 Å². The highest BCUT2D eigenvalue weighted by Gasteiger charge is 2.31. The number of rotatable bonds is 5. The number of halogens is 3. The number of alkyl halides is 3. The van der Waals surface area contributed by atoms with Gasteiger partial charge >= 0.3 is 6.36 Å². The molecule has 0 unspecified atom stereocenters. The number of aromatic nitrogens is 2. The summed E-state index contributed by atoms with van der Waals surface area (Å²) in [6, 6.07) is 13.7. The van der Waals surface area contributed by atoms with Crippen LogP contribution in [0, 0.1) is 0 Å². The average Bonchev–Trinajstić information content (AvgIpc) is 3.33. The lowest BCUT2D eigenvalue weighted by atomic mass is 9.82. The van der Waals surface area contributed by atoms with E-state index in [9.17, 15) is 13.2 Å². The zero-order valence-electron chi connectivity index (χ0n) is 20.5. The maximum atomic E-state index is 12.5. The third kappa shape index (κ3) is 5.75. The predicted octanol–water partition coefficient (Wildman–Crippen LogP) is 7.73. The normalized spacial score (nSPS) is 16.1. The molecule has 0 saturated heterocycles. The minimum Gasteiger partial charge on any atom is -0.406 e. The van der Waals surface area contributed by atoms with Crippen molar-refractivity contribution >= 4 is 28.6 Å². The molecule has 0 amide bonds. The van der Waals surface area contributed by atoms with E-state index in [4.69, 9.17) is 12.2 Å². The number of hydrogen-bond donors (Lipinski definition) is 1. The minimum atomic E-state index is -4.72. The van der Waals surface area contributed by atoms with Crippen molar-refractivity contribution in [3.63, 3.8) is 0 Å². The zero-order chi connectivity index (χ0) is 26.7. The van der Waals surface area contributed by atoms with Gasteiger partial charge in [-0.3, -0.25) is 0 Å². The number of ether oxygens (including phenoxy) is 1. The lowest BCUT2D eigenvalue weighted by Crippen LogP contribution is -2.17. The number of benzene rings is 2. The van der Waals surface area contributed by atoms with Gasteiger partial charge < -0.3 is 10.1 Å². The van der Waals surface area contributed by atoms with Crippen molar-refractivity contribution in [3.8, 4) is 11.4 Å². The molecule has 0 saturated carbocycles. The molecule has 0 bridgehead atoms. The predicted molar refractivity (Wildman–Crippen MR) is 144 cm³/mol. The van der Waals surface area contributed by atoms with Crippen LogP contribution in [0.1, 0.15) is 36.6 Å². The van der Waals surface area contributed by atoms with E-state index in [0.717, 1.165) is 52.9 Å². The van der Waals surface area contributed by atoms with Gasteiger partial charge in [-0.25, -0.2) is 4.68 Å². The van der Waals surface area contributed by atoms with Crippen LogP contribution in [-0.4, -0.2) is 21.3 Å². The van der Waals surface area contributed by atoms with E-state index in [1.54, 1.807) is 29.2 Å².